The Bertz CT molecular complexity index is 348. The van der Waals surface area contributed by atoms with Crippen molar-refractivity contribution in [1.82, 2.24) is 0 Å². The van der Waals surface area contributed by atoms with Crippen LogP contribution in [-0.4, -0.2) is 23.8 Å². The molecule has 0 unspecified atom stereocenters. The number of esters is 1. The molecular formula is C13H17FO3. The zero-order chi connectivity index (χ0) is 12.7. The van der Waals surface area contributed by atoms with Crippen LogP contribution in [0.15, 0.2) is 24.3 Å². The highest BCUT2D eigenvalue weighted by atomic mass is 19.1. The van der Waals surface area contributed by atoms with Gasteiger partial charge in [0.2, 0.25) is 0 Å². The van der Waals surface area contributed by atoms with Crippen LogP contribution >= 0.6 is 0 Å². The van der Waals surface area contributed by atoms with Gasteiger partial charge in [0.25, 0.3) is 0 Å². The molecule has 0 heterocycles. The SMILES string of the molecule is CCCOC(=O)[C@H](O)CCc1ccc(F)cc1. The molecule has 0 aliphatic carbocycles. The number of rotatable bonds is 6. The summed E-state index contributed by atoms with van der Waals surface area (Å²) < 4.78 is 17.4. The highest BCUT2D eigenvalue weighted by molar-refractivity contribution is 5.74. The molecule has 1 atom stereocenters. The molecular weight excluding hydrogens is 223 g/mol. The van der Waals surface area contributed by atoms with Crippen LogP contribution in [0.2, 0.25) is 0 Å². The third-order valence-electron chi connectivity index (χ3n) is 2.34. The standard InChI is InChI=1S/C13H17FO3/c1-2-9-17-13(16)12(15)8-5-10-3-6-11(14)7-4-10/h3-4,6-7,12,15H,2,5,8-9H2,1H3/t12-/m1/s1. The second-order valence-corrected chi connectivity index (χ2v) is 3.85. The zero-order valence-electron chi connectivity index (χ0n) is 9.86. The minimum atomic E-state index is -1.10. The molecule has 0 fully saturated rings. The predicted molar refractivity (Wildman–Crippen MR) is 62.0 cm³/mol. The summed E-state index contributed by atoms with van der Waals surface area (Å²) in [6, 6.07) is 5.99. The first-order valence-corrected chi connectivity index (χ1v) is 5.72. The van der Waals surface area contributed by atoms with Gasteiger partial charge in [0.05, 0.1) is 6.61 Å². The number of aryl methyl sites for hydroxylation is 1. The average Bonchev–Trinajstić information content (AvgIpc) is 2.34. The summed E-state index contributed by atoms with van der Waals surface area (Å²) in [5.74, 6) is -0.884. The van der Waals surface area contributed by atoms with Crippen molar-refractivity contribution >= 4 is 5.97 Å². The lowest BCUT2D eigenvalue weighted by Gasteiger charge is -2.09. The number of aliphatic hydroxyl groups excluding tert-OH is 1. The molecule has 94 valence electrons. The Morgan fingerprint density at radius 3 is 2.65 bits per heavy atom. The molecule has 0 radical (unpaired) electrons. The molecule has 0 aliphatic rings. The van der Waals surface area contributed by atoms with E-state index in [0.717, 1.165) is 12.0 Å². The first kappa shape index (κ1) is 13.6. The molecule has 17 heavy (non-hydrogen) atoms. The van der Waals surface area contributed by atoms with Crippen molar-refractivity contribution in [2.45, 2.75) is 32.3 Å². The molecule has 1 N–H and O–H groups in total. The summed E-state index contributed by atoms with van der Waals surface area (Å²) in [7, 11) is 0. The van der Waals surface area contributed by atoms with Crippen LogP contribution in [0, 0.1) is 5.82 Å². The van der Waals surface area contributed by atoms with Crippen molar-refractivity contribution in [2.75, 3.05) is 6.61 Å². The molecule has 1 aromatic rings. The van der Waals surface area contributed by atoms with E-state index in [4.69, 9.17) is 4.74 Å². The first-order chi connectivity index (χ1) is 8.13. The summed E-state index contributed by atoms with van der Waals surface area (Å²) in [6.45, 7) is 2.21. The second-order valence-electron chi connectivity index (χ2n) is 3.85. The molecule has 3 nitrogen and oxygen atoms in total. The summed E-state index contributed by atoms with van der Waals surface area (Å²) >= 11 is 0. The molecule has 0 amide bonds. The van der Waals surface area contributed by atoms with Gasteiger partial charge in [-0.25, -0.2) is 9.18 Å². The lowest BCUT2D eigenvalue weighted by molar-refractivity contribution is -0.153. The van der Waals surface area contributed by atoms with Gasteiger partial charge in [0.1, 0.15) is 5.82 Å². The molecule has 0 bridgehead atoms. The van der Waals surface area contributed by atoms with Crippen molar-refractivity contribution in [3.05, 3.63) is 35.6 Å². The van der Waals surface area contributed by atoms with E-state index in [1.807, 2.05) is 6.92 Å². The van der Waals surface area contributed by atoms with Crippen LogP contribution in [-0.2, 0) is 16.0 Å². The van der Waals surface area contributed by atoms with Crippen molar-refractivity contribution in [1.29, 1.82) is 0 Å². The largest absolute Gasteiger partial charge is 0.464 e. The van der Waals surface area contributed by atoms with Crippen molar-refractivity contribution in [3.63, 3.8) is 0 Å². The van der Waals surface area contributed by atoms with E-state index in [-0.39, 0.29) is 12.2 Å². The number of halogens is 1. The Morgan fingerprint density at radius 1 is 1.41 bits per heavy atom. The Morgan fingerprint density at radius 2 is 2.06 bits per heavy atom. The van der Waals surface area contributed by atoms with Crippen molar-refractivity contribution in [2.24, 2.45) is 0 Å². The van der Waals surface area contributed by atoms with Crippen LogP contribution in [0.5, 0.6) is 0 Å². The molecule has 1 aromatic carbocycles. The van der Waals surface area contributed by atoms with E-state index in [9.17, 15) is 14.3 Å². The maximum atomic E-state index is 12.6. The van der Waals surface area contributed by atoms with Crippen LogP contribution < -0.4 is 0 Å². The van der Waals surface area contributed by atoms with E-state index in [0.29, 0.717) is 13.0 Å². The third-order valence-corrected chi connectivity index (χ3v) is 2.34. The van der Waals surface area contributed by atoms with Crippen LogP contribution in [0.25, 0.3) is 0 Å². The van der Waals surface area contributed by atoms with Crippen molar-refractivity contribution < 1.29 is 19.0 Å². The Kier molecular flexibility index (Phi) is 5.63. The second kappa shape index (κ2) is 7.01. The van der Waals surface area contributed by atoms with E-state index >= 15 is 0 Å². The number of ether oxygens (including phenoxy) is 1. The van der Waals surface area contributed by atoms with Gasteiger partial charge < -0.3 is 9.84 Å². The molecule has 0 spiro atoms. The Hall–Kier alpha value is -1.42. The molecule has 1 rings (SSSR count). The minimum absolute atomic E-state index is 0.286. The summed E-state index contributed by atoms with van der Waals surface area (Å²) in [6.07, 6.45) is 0.430. The fourth-order valence-electron chi connectivity index (χ4n) is 1.37. The first-order valence-electron chi connectivity index (χ1n) is 5.72. The van der Waals surface area contributed by atoms with E-state index in [2.05, 4.69) is 0 Å². The lowest BCUT2D eigenvalue weighted by Crippen LogP contribution is -2.23. The van der Waals surface area contributed by atoms with Gasteiger partial charge in [0.15, 0.2) is 6.10 Å². The molecule has 0 aromatic heterocycles. The van der Waals surface area contributed by atoms with E-state index < -0.39 is 12.1 Å². The number of carbonyl (C=O) groups excluding carboxylic acids is 1. The highest BCUT2D eigenvalue weighted by Gasteiger charge is 2.15. The quantitative estimate of drug-likeness (QED) is 0.774. The number of benzene rings is 1. The number of hydrogen-bond donors (Lipinski definition) is 1. The van der Waals surface area contributed by atoms with Gasteiger partial charge in [-0.1, -0.05) is 19.1 Å². The fraction of sp³-hybridized carbons (Fsp3) is 0.462. The Balaban J connectivity index is 2.34. The smallest absolute Gasteiger partial charge is 0.334 e. The van der Waals surface area contributed by atoms with Gasteiger partial charge in [0, 0.05) is 0 Å². The fourth-order valence-corrected chi connectivity index (χ4v) is 1.37. The zero-order valence-corrected chi connectivity index (χ0v) is 9.86. The highest BCUT2D eigenvalue weighted by Crippen LogP contribution is 2.08. The van der Waals surface area contributed by atoms with Gasteiger partial charge in [-0.05, 0) is 37.0 Å². The van der Waals surface area contributed by atoms with Crippen LogP contribution in [0.1, 0.15) is 25.3 Å². The summed E-state index contributed by atoms with van der Waals surface area (Å²) in [5.41, 5.74) is 0.883. The number of carbonyl (C=O) groups is 1. The monoisotopic (exact) mass is 240 g/mol. The molecule has 0 saturated carbocycles. The maximum Gasteiger partial charge on any atom is 0.334 e. The van der Waals surface area contributed by atoms with Gasteiger partial charge >= 0.3 is 5.97 Å². The third kappa shape index (κ3) is 4.95. The predicted octanol–water partition coefficient (Wildman–Crippen LogP) is 2.07. The van der Waals surface area contributed by atoms with Crippen LogP contribution in [0.3, 0.4) is 0 Å². The summed E-state index contributed by atoms with van der Waals surface area (Å²) in [5, 5.41) is 9.51. The lowest BCUT2D eigenvalue weighted by atomic mass is 10.1. The van der Waals surface area contributed by atoms with Gasteiger partial charge in [-0.3, -0.25) is 0 Å². The molecule has 0 saturated heterocycles. The average molecular weight is 240 g/mol. The minimum Gasteiger partial charge on any atom is -0.464 e. The van der Waals surface area contributed by atoms with Gasteiger partial charge in [-0.2, -0.15) is 0 Å². The maximum absolute atomic E-state index is 12.6. The molecule has 4 heteroatoms. The van der Waals surface area contributed by atoms with E-state index in [1.165, 1.54) is 12.1 Å². The summed E-state index contributed by atoms with van der Waals surface area (Å²) in [4.78, 5) is 11.2. The normalized spacial score (nSPS) is 12.2. The van der Waals surface area contributed by atoms with Gasteiger partial charge in [-0.15, -0.1) is 0 Å². The Labute approximate surface area is 100 Å². The number of hydrogen-bond acceptors (Lipinski definition) is 3. The van der Waals surface area contributed by atoms with Crippen molar-refractivity contribution in [3.8, 4) is 0 Å². The van der Waals surface area contributed by atoms with E-state index in [1.54, 1.807) is 12.1 Å². The van der Waals surface area contributed by atoms with Crippen LogP contribution in [0.4, 0.5) is 4.39 Å². The number of aliphatic hydroxyl groups is 1. The topological polar surface area (TPSA) is 46.5 Å². The molecule has 0 aliphatic heterocycles.